The molecule has 2 N–H and O–H groups in total. The molecule has 1 rings (SSSR count). The van der Waals surface area contributed by atoms with Crippen LogP contribution in [0.4, 0.5) is 10.1 Å². The molecule has 0 aliphatic carbocycles. The molecule has 0 saturated carbocycles. The van der Waals surface area contributed by atoms with E-state index in [1.165, 1.54) is 19.2 Å². The van der Waals surface area contributed by atoms with Gasteiger partial charge in [0.25, 0.3) is 0 Å². The molecule has 7 nitrogen and oxygen atoms in total. The van der Waals surface area contributed by atoms with E-state index in [0.717, 1.165) is 10.4 Å². The SMILES string of the molecule is CN(CCC(=O)O)S(=O)(=O)Nc1cccc(F)c1C#N. The average molecular weight is 301 g/mol. The Morgan fingerprint density at radius 3 is 2.75 bits per heavy atom. The minimum absolute atomic E-state index is 0.199. The zero-order valence-electron chi connectivity index (χ0n) is 10.5. The van der Waals surface area contributed by atoms with Gasteiger partial charge in [0.2, 0.25) is 0 Å². The van der Waals surface area contributed by atoms with Gasteiger partial charge in [-0.15, -0.1) is 0 Å². The van der Waals surface area contributed by atoms with Gasteiger partial charge in [-0.05, 0) is 12.1 Å². The molecule has 20 heavy (non-hydrogen) atoms. The number of nitriles is 1. The number of carbonyl (C=O) groups is 1. The predicted octanol–water partition coefficient (Wildman–Crippen LogP) is 0.761. The summed E-state index contributed by atoms with van der Waals surface area (Å²) < 4.78 is 39.9. The normalized spacial score (nSPS) is 11.1. The number of carboxylic acids is 1. The fraction of sp³-hybridized carbons (Fsp3) is 0.273. The average Bonchev–Trinajstić information content (AvgIpc) is 2.35. The molecule has 9 heteroatoms. The highest BCUT2D eigenvalue weighted by Gasteiger charge is 2.20. The van der Waals surface area contributed by atoms with Crippen molar-refractivity contribution in [2.75, 3.05) is 18.3 Å². The molecule has 0 aliphatic heterocycles. The minimum Gasteiger partial charge on any atom is -0.481 e. The standard InChI is InChI=1S/C11H12FN3O4S/c1-15(6-5-11(16)17)20(18,19)14-10-4-2-3-9(12)8(10)7-13/h2-4,14H,5-6H2,1H3,(H,16,17). The Hall–Kier alpha value is -2.18. The van der Waals surface area contributed by atoms with Crippen LogP contribution in [0.5, 0.6) is 0 Å². The van der Waals surface area contributed by atoms with Crippen molar-refractivity contribution in [2.24, 2.45) is 0 Å². The molecule has 0 heterocycles. The first-order chi connectivity index (χ1) is 9.27. The fourth-order valence-electron chi connectivity index (χ4n) is 1.31. The molecule has 0 radical (unpaired) electrons. The van der Waals surface area contributed by atoms with Gasteiger partial charge in [-0.1, -0.05) is 6.07 Å². The number of benzene rings is 1. The molecule has 0 fully saturated rings. The Bertz CT molecular complexity index is 654. The Labute approximate surface area is 115 Å². The van der Waals surface area contributed by atoms with Crippen LogP contribution in [0, 0.1) is 17.1 Å². The number of carboxylic acid groups (broad SMARTS) is 1. The van der Waals surface area contributed by atoms with Crippen LogP contribution in [-0.2, 0) is 15.0 Å². The maximum atomic E-state index is 13.3. The summed E-state index contributed by atoms with van der Waals surface area (Å²) in [4.78, 5) is 10.4. The van der Waals surface area contributed by atoms with Crippen LogP contribution in [0.1, 0.15) is 12.0 Å². The number of anilines is 1. The second-order valence-electron chi connectivity index (χ2n) is 3.85. The van der Waals surface area contributed by atoms with Gasteiger partial charge >= 0.3 is 16.2 Å². The topological polar surface area (TPSA) is 110 Å². The van der Waals surface area contributed by atoms with E-state index in [-0.39, 0.29) is 18.7 Å². The third-order valence-corrected chi connectivity index (χ3v) is 3.90. The van der Waals surface area contributed by atoms with Crippen molar-refractivity contribution >= 4 is 21.9 Å². The lowest BCUT2D eigenvalue weighted by Gasteiger charge is -2.18. The molecule has 0 unspecified atom stereocenters. The number of nitrogens with one attached hydrogen (secondary N) is 1. The highest BCUT2D eigenvalue weighted by atomic mass is 32.2. The van der Waals surface area contributed by atoms with Crippen LogP contribution in [0.2, 0.25) is 0 Å². The molecule has 0 spiro atoms. The number of halogens is 1. The van der Waals surface area contributed by atoms with Crippen molar-refractivity contribution in [1.82, 2.24) is 4.31 Å². The van der Waals surface area contributed by atoms with Gasteiger partial charge in [-0.3, -0.25) is 9.52 Å². The lowest BCUT2D eigenvalue weighted by atomic mass is 10.2. The van der Waals surface area contributed by atoms with Crippen LogP contribution < -0.4 is 4.72 Å². The van der Waals surface area contributed by atoms with Crippen LogP contribution >= 0.6 is 0 Å². The lowest BCUT2D eigenvalue weighted by Crippen LogP contribution is -2.34. The van der Waals surface area contributed by atoms with Crippen molar-refractivity contribution in [3.63, 3.8) is 0 Å². The summed E-state index contributed by atoms with van der Waals surface area (Å²) in [6.45, 7) is -0.248. The molecule has 0 amide bonds. The first-order valence-electron chi connectivity index (χ1n) is 5.42. The zero-order valence-corrected chi connectivity index (χ0v) is 11.3. The lowest BCUT2D eigenvalue weighted by molar-refractivity contribution is -0.137. The highest BCUT2D eigenvalue weighted by Crippen LogP contribution is 2.19. The maximum Gasteiger partial charge on any atom is 0.304 e. The number of hydrogen-bond acceptors (Lipinski definition) is 4. The van der Waals surface area contributed by atoms with Crippen LogP contribution in [0.25, 0.3) is 0 Å². The van der Waals surface area contributed by atoms with Gasteiger partial charge in [0.05, 0.1) is 12.1 Å². The molecular formula is C11H12FN3O4S. The summed E-state index contributed by atoms with van der Waals surface area (Å²) in [5.74, 6) is -1.99. The molecule has 0 aliphatic rings. The second kappa shape index (κ2) is 6.31. The van der Waals surface area contributed by atoms with Crippen molar-refractivity contribution < 1.29 is 22.7 Å². The molecule has 1 aromatic rings. The van der Waals surface area contributed by atoms with E-state index in [2.05, 4.69) is 0 Å². The summed E-state index contributed by atoms with van der Waals surface area (Å²) in [7, 11) is -2.88. The third-order valence-electron chi connectivity index (χ3n) is 2.42. The summed E-state index contributed by atoms with van der Waals surface area (Å²) in [5, 5.41) is 17.3. The summed E-state index contributed by atoms with van der Waals surface area (Å²) >= 11 is 0. The predicted molar refractivity (Wildman–Crippen MR) is 68.5 cm³/mol. The second-order valence-corrected chi connectivity index (χ2v) is 5.62. The Kier molecular flexibility index (Phi) is 5.01. The maximum absolute atomic E-state index is 13.3. The largest absolute Gasteiger partial charge is 0.481 e. The van der Waals surface area contributed by atoms with E-state index in [4.69, 9.17) is 10.4 Å². The van der Waals surface area contributed by atoms with Crippen LogP contribution in [0.15, 0.2) is 18.2 Å². The van der Waals surface area contributed by atoms with Crippen molar-refractivity contribution in [3.05, 3.63) is 29.6 Å². The molecule has 0 saturated heterocycles. The summed E-state index contributed by atoms with van der Waals surface area (Å²) in [6, 6.07) is 5.09. The van der Waals surface area contributed by atoms with Gasteiger partial charge in [-0.2, -0.15) is 18.0 Å². The van der Waals surface area contributed by atoms with E-state index in [9.17, 15) is 17.6 Å². The summed E-state index contributed by atoms with van der Waals surface area (Å²) in [6.07, 6.45) is -0.369. The van der Waals surface area contributed by atoms with Gasteiger partial charge in [-0.25, -0.2) is 4.39 Å². The Balaban J connectivity index is 2.95. The number of nitrogens with zero attached hydrogens (tertiary/aromatic N) is 2. The molecular weight excluding hydrogens is 289 g/mol. The first kappa shape index (κ1) is 15.9. The van der Waals surface area contributed by atoms with Crippen LogP contribution in [0.3, 0.4) is 0 Å². The fourth-order valence-corrected chi connectivity index (χ4v) is 2.25. The van der Waals surface area contributed by atoms with Gasteiger partial charge in [0, 0.05) is 13.6 Å². The number of rotatable bonds is 6. The van der Waals surface area contributed by atoms with Gasteiger partial charge in [0.1, 0.15) is 17.4 Å². The molecule has 0 aromatic heterocycles. The molecule has 0 bridgehead atoms. The molecule has 1 aromatic carbocycles. The van der Waals surface area contributed by atoms with Crippen molar-refractivity contribution in [2.45, 2.75) is 6.42 Å². The Morgan fingerprint density at radius 1 is 1.55 bits per heavy atom. The smallest absolute Gasteiger partial charge is 0.304 e. The van der Waals surface area contributed by atoms with Crippen LogP contribution in [-0.4, -0.2) is 37.4 Å². The number of hydrogen-bond donors (Lipinski definition) is 2. The third kappa shape index (κ3) is 3.91. The summed E-state index contributed by atoms with van der Waals surface area (Å²) in [5.41, 5.74) is -0.627. The highest BCUT2D eigenvalue weighted by molar-refractivity contribution is 7.90. The monoisotopic (exact) mass is 301 g/mol. The van der Waals surface area contributed by atoms with E-state index < -0.39 is 27.6 Å². The van der Waals surface area contributed by atoms with Crippen molar-refractivity contribution in [3.8, 4) is 6.07 Å². The molecule has 0 atom stereocenters. The first-order valence-corrected chi connectivity index (χ1v) is 6.86. The van der Waals surface area contributed by atoms with E-state index in [0.29, 0.717) is 0 Å². The number of aliphatic carboxylic acids is 1. The van der Waals surface area contributed by atoms with Gasteiger partial charge in [0.15, 0.2) is 0 Å². The van der Waals surface area contributed by atoms with E-state index in [1.807, 2.05) is 4.72 Å². The quantitative estimate of drug-likeness (QED) is 0.806. The van der Waals surface area contributed by atoms with Crippen molar-refractivity contribution in [1.29, 1.82) is 5.26 Å². The van der Waals surface area contributed by atoms with Gasteiger partial charge < -0.3 is 5.11 Å². The Morgan fingerprint density at radius 2 is 2.20 bits per heavy atom. The van der Waals surface area contributed by atoms with E-state index >= 15 is 0 Å². The van der Waals surface area contributed by atoms with E-state index in [1.54, 1.807) is 6.07 Å². The zero-order chi connectivity index (χ0) is 15.3. The minimum atomic E-state index is -4.06. The molecule has 108 valence electrons.